The van der Waals surface area contributed by atoms with Crippen molar-refractivity contribution in [3.8, 4) is 62.2 Å². The van der Waals surface area contributed by atoms with Gasteiger partial charge in [0.2, 0.25) is 0 Å². The van der Waals surface area contributed by atoms with Crippen LogP contribution in [0.5, 0.6) is 23.0 Å². The monoisotopic (exact) mass is 1140 g/mol. The Bertz CT molecular complexity index is 4000. The SMILES string of the molecule is [2H]c1c([2H])c([2H])c2c(c1[2H])c1ccc3[c-]c1n2-c1cc(C(C)(C)C)c(cn1)-c1cccc(c1)Oc1ccccc1-c1cc(C(C)(C)C)cc(-c2ccc(C(C)(C)C)cc2)c1N1[CH-]N(c2[c-]c(ccc2)O3)c2ccccc21.[Pt]. The molecular weight excluding hydrogens is 1080 g/mol. The maximum atomic E-state index is 9.29. The minimum absolute atomic E-state index is 0. The molecule has 8 aromatic carbocycles. The van der Waals surface area contributed by atoms with E-state index in [0.29, 0.717) is 50.6 Å². The molecule has 366 valence electrons. The van der Waals surface area contributed by atoms with Crippen molar-refractivity contribution in [2.45, 2.75) is 78.6 Å². The first-order valence-electron chi connectivity index (χ1n) is 26.6. The summed E-state index contributed by atoms with van der Waals surface area (Å²) in [6.07, 6.45) is 1.86. The standard InChI is InChI=1S/C66H57N4O2.Pt/c1-64(2,3)44-30-28-42(29-31-44)53-35-45(65(4,5)6)36-54-52-23-11-15-27-61(52)72-47-20-16-18-43(34-47)55-40-67-62(39-56(55)66(7,8)9)70-57-24-12-10-22-50(57)51-33-32-49(38-60(51)70)71-48-21-17-19-46(37-48)68-41-69(63(53)54)59-26-14-13-25-58(59)68;/h10-36,39-41H,1-9H3;/q-3;/i10D,12D,22D,24D;. The molecule has 3 aliphatic rings. The topological polar surface area (TPSA) is 42.8 Å². The van der Waals surface area contributed by atoms with Crippen LogP contribution in [0.25, 0.3) is 61.0 Å². The van der Waals surface area contributed by atoms with E-state index in [4.69, 9.17) is 18.6 Å². The van der Waals surface area contributed by atoms with Crippen molar-refractivity contribution >= 4 is 44.6 Å². The number of hydrogen-bond acceptors (Lipinski definition) is 5. The molecule has 10 aromatic rings. The van der Waals surface area contributed by atoms with Crippen LogP contribution in [-0.4, -0.2) is 9.55 Å². The molecular formula is C66H57N4O2Pt-3. The number of ether oxygens (including phenoxy) is 2. The van der Waals surface area contributed by atoms with Gasteiger partial charge in [-0.15, -0.1) is 48.1 Å². The first-order chi connectivity index (χ1) is 36.2. The third kappa shape index (κ3) is 8.60. The molecule has 3 aliphatic heterocycles. The quantitative estimate of drug-likeness (QED) is 0.153. The maximum Gasteiger partial charge on any atom is 0.135 e. The van der Waals surface area contributed by atoms with Crippen molar-refractivity contribution in [2.75, 3.05) is 9.80 Å². The minimum atomic E-state index is -0.403. The number of rotatable bonds is 1. The summed E-state index contributed by atoms with van der Waals surface area (Å²) in [6.45, 7) is 22.1. The Labute approximate surface area is 449 Å². The second-order valence-electron chi connectivity index (χ2n) is 22.0. The Hall–Kier alpha value is -7.40. The third-order valence-electron chi connectivity index (χ3n) is 13.9. The molecule has 0 N–H and O–H groups in total. The minimum Gasteiger partial charge on any atom is -0.509 e. The third-order valence-corrected chi connectivity index (χ3v) is 13.9. The fourth-order valence-corrected chi connectivity index (χ4v) is 10.1. The van der Waals surface area contributed by atoms with E-state index in [2.05, 4.69) is 176 Å². The molecule has 0 atom stereocenters. The molecule has 0 unspecified atom stereocenters. The molecule has 0 saturated heterocycles. The van der Waals surface area contributed by atoms with Crippen molar-refractivity contribution in [3.63, 3.8) is 0 Å². The number of para-hydroxylation sites is 4. The van der Waals surface area contributed by atoms with E-state index >= 15 is 0 Å². The van der Waals surface area contributed by atoms with Gasteiger partial charge in [0.05, 0.1) is 5.48 Å². The van der Waals surface area contributed by atoms with Crippen molar-refractivity contribution < 1.29 is 36.0 Å². The van der Waals surface area contributed by atoms with Crippen LogP contribution in [0.2, 0.25) is 0 Å². The first-order valence-corrected chi connectivity index (χ1v) is 24.6. The van der Waals surface area contributed by atoms with Gasteiger partial charge in [0.15, 0.2) is 0 Å². The molecule has 6 nitrogen and oxygen atoms in total. The van der Waals surface area contributed by atoms with Crippen LogP contribution in [0.1, 0.15) is 84.5 Å². The van der Waals surface area contributed by atoms with Gasteiger partial charge in [0.25, 0.3) is 0 Å². The van der Waals surface area contributed by atoms with Crippen molar-refractivity contribution in [2.24, 2.45) is 0 Å². The number of fused-ring (bicyclic) bond motifs is 5. The van der Waals surface area contributed by atoms with E-state index in [9.17, 15) is 1.37 Å². The van der Waals surface area contributed by atoms with Gasteiger partial charge in [0, 0.05) is 83.6 Å². The molecule has 0 fully saturated rings. The van der Waals surface area contributed by atoms with E-state index in [1.54, 1.807) is 10.6 Å². The molecule has 0 spiro atoms. The van der Waals surface area contributed by atoms with Gasteiger partial charge in [-0.05, 0) is 104 Å². The molecule has 13 rings (SSSR count). The van der Waals surface area contributed by atoms with Crippen molar-refractivity contribution in [3.05, 3.63) is 211 Å². The van der Waals surface area contributed by atoms with E-state index < -0.39 is 5.41 Å². The summed E-state index contributed by atoms with van der Waals surface area (Å²) in [5.74, 6) is 2.64. The predicted octanol–water partition coefficient (Wildman–Crippen LogP) is 18.0. The largest absolute Gasteiger partial charge is 0.509 e. The van der Waals surface area contributed by atoms with E-state index in [1.807, 2.05) is 60.8 Å². The zero-order chi connectivity index (χ0) is 53.2. The number of hydrogen-bond donors (Lipinski definition) is 0. The zero-order valence-corrected chi connectivity index (χ0v) is 44.7. The summed E-state index contributed by atoms with van der Waals surface area (Å²) < 4.78 is 51.6. The van der Waals surface area contributed by atoms with Gasteiger partial charge in [-0.1, -0.05) is 153 Å². The number of pyridine rings is 1. The Balaban J connectivity index is 0.00000631. The molecule has 0 aliphatic carbocycles. The predicted molar refractivity (Wildman–Crippen MR) is 297 cm³/mol. The van der Waals surface area contributed by atoms with Gasteiger partial charge in [0.1, 0.15) is 17.3 Å². The van der Waals surface area contributed by atoms with Crippen molar-refractivity contribution in [1.82, 2.24) is 9.55 Å². The molecule has 10 bridgehead atoms. The van der Waals surface area contributed by atoms with E-state index in [0.717, 1.165) is 61.7 Å². The summed E-state index contributed by atoms with van der Waals surface area (Å²) in [6, 6.07) is 56.2. The van der Waals surface area contributed by atoms with Crippen LogP contribution in [-0.2, 0) is 37.3 Å². The van der Waals surface area contributed by atoms with Gasteiger partial charge < -0.3 is 23.8 Å². The summed E-state index contributed by atoms with van der Waals surface area (Å²) in [5, 5.41) is 0.967. The van der Waals surface area contributed by atoms with Gasteiger partial charge >= 0.3 is 0 Å². The Morgan fingerprint density at radius 3 is 2.01 bits per heavy atom. The van der Waals surface area contributed by atoms with Gasteiger partial charge in [-0.3, -0.25) is 0 Å². The zero-order valence-electron chi connectivity index (χ0n) is 46.4. The van der Waals surface area contributed by atoms with E-state index in [1.165, 1.54) is 11.1 Å². The summed E-state index contributed by atoms with van der Waals surface area (Å²) in [7, 11) is 0. The molecule has 5 heterocycles. The number of aromatic nitrogens is 2. The number of anilines is 4. The van der Waals surface area contributed by atoms with Crippen molar-refractivity contribution in [1.29, 1.82) is 0 Å². The molecule has 2 aromatic heterocycles. The van der Waals surface area contributed by atoms with Crippen LogP contribution in [0.15, 0.2) is 176 Å². The fourth-order valence-electron chi connectivity index (χ4n) is 10.1. The number of benzene rings is 8. The molecule has 7 heteroatoms. The van der Waals surface area contributed by atoms with Crippen LogP contribution in [0.4, 0.5) is 22.7 Å². The molecule has 73 heavy (non-hydrogen) atoms. The average molecular weight is 1140 g/mol. The van der Waals surface area contributed by atoms with Crippen LogP contribution >= 0.6 is 0 Å². The summed E-state index contributed by atoms with van der Waals surface area (Å²) in [5.41, 5.74) is 13.1. The summed E-state index contributed by atoms with van der Waals surface area (Å²) in [4.78, 5) is 9.57. The van der Waals surface area contributed by atoms with Crippen LogP contribution in [0.3, 0.4) is 0 Å². The maximum absolute atomic E-state index is 9.29. The second kappa shape index (κ2) is 18.0. The average Bonchev–Trinajstić information content (AvgIpc) is 4.03. The smallest absolute Gasteiger partial charge is 0.135 e. The number of nitrogens with zero attached hydrogens (tertiary/aromatic N) is 4. The Morgan fingerprint density at radius 2 is 1.25 bits per heavy atom. The molecule has 0 amide bonds. The summed E-state index contributed by atoms with van der Waals surface area (Å²) >= 11 is 0. The van der Waals surface area contributed by atoms with Gasteiger partial charge in [-0.25, -0.2) is 4.98 Å². The van der Waals surface area contributed by atoms with Crippen LogP contribution in [0, 0.1) is 18.8 Å². The first kappa shape index (κ1) is 43.2. The second-order valence-corrected chi connectivity index (χ2v) is 22.0. The Morgan fingerprint density at radius 1 is 0.548 bits per heavy atom. The van der Waals surface area contributed by atoms with E-state index in [-0.39, 0.29) is 56.1 Å². The normalized spacial score (nSPS) is 14.0. The molecule has 0 saturated carbocycles. The Kier molecular flexibility index (Phi) is 10.6. The molecule has 0 radical (unpaired) electrons. The van der Waals surface area contributed by atoms with Crippen LogP contribution < -0.4 is 19.3 Å². The van der Waals surface area contributed by atoms with Gasteiger partial charge in [-0.2, -0.15) is 12.1 Å². The fraction of sp³-hybridized carbons (Fsp3) is 0.182.